The van der Waals surface area contributed by atoms with Gasteiger partial charge in [-0.25, -0.2) is 9.79 Å². The number of nitrogens with two attached hydrogens (primary N) is 1. The average molecular weight is 550 g/mol. The molecule has 0 bridgehead atoms. The van der Waals surface area contributed by atoms with E-state index in [1.165, 1.54) is 18.4 Å². The molecule has 2 N–H and O–H groups in total. The summed E-state index contributed by atoms with van der Waals surface area (Å²) in [6.45, 7) is 6.06. The number of carbonyl (C=O) groups is 2. The Kier molecular flexibility index (Phi) is 8.78. The summed E-state index contributed by atoms with van der Waals surface area (Å²) in [5.74, 6) is -0.336. The van der Waals surface area contributed by atoms with Crippen LogP contribution in [0.1, 0.15) is 49.4 Å². The van der Waals surface area contributed by atoms with Crippen molar-refractivity contribution in [2.24, 2.45) is 10.7 Å². The highest BCUT2D eigenvalue weighted by Gasteiger charge is 2.33. The molecule has 1 aliphatic heterocycles. The molecule has 1 unspecified atom stereocenters. The molecule has 2 heterocycles. The first-order chi connectivity index (χ1) is 18.7. The summed E-state index contributed by atoms with van der Waals surface area (Å²) < 4.78 is 17.9. The maximum atomic E-state index is 13.8. The highest BCUT2D eigenvalue weighted by atomic mass is 32.1. The monoisotopic (exact) mass is 549 g/mol. The van der Waals surface area contributed by atoms with Crippen molar-refractivity contribution in [3.05, 3.63) is 96.2 Å². The number of hydrogen-bond donors (Lipinski definition) is 1. The number of benzene rings is 2. The maximum absolute atomic E-state index is 13.8. The number of hydrogen-bond acceptors (Lipinski definition) is 8. The van der Waals surface area contributed by atoms with Crippen LogP contribution in [0.4, 0.5) is 0 Å². The van der Waals surface area contributed by atoms with Crippen LogP contribution in [-0.4, -0.2) is 43.4 Å². The van der Waals surface area contributed by atoms with E-state index in [1.807, 2.05) is 30.3 Å². The predicted octanol–water partition coefficient (Wildman–Crippen LogP) is 2.41. The van der Waals surface area contributed by atoms with Crippen LogP contribution < -0.4 is 25.4 Å². The number of fused-ring (bicyclic) bond motifs is 1. The number of allylic oxidation sites excluding steroid dienone is 1. The van der Waals surface area contributed by atoms with Crippen molar-refractivity contribution in [3.63, 3.8) is 0 Å². The molecule has 1 amide bonds. The minimum Gasteiger partial charge on any atom is -0.484 e. The Labute approximate surface area is 229 Å². The van der Waals surface area contributed by atoms with E-state index in [-0.39, 0.29) is 25.4 Å². The lowest BCUT2D eigenvalue weighted by Crippen LogP contribution is -2.40. The molecule has 0 saturated carbocycles. The van der Waals surface area contributed by atoms with Crippen molar-refractivity contribution in [3.8, 4) is 5.75 Å². The quantitative estimate of drug-likeness (QED) is 0.306. The van der Waals surface area contributed by atoms with Gasteiger partial charge in [-0.05, 0) is 47.7 Å². The fraction of sp³-hybridized carbons (Fsp3) is 0.310. The number of carbonyl (C=O) groups excluding carboxylic acids is 2. The molecule has 1 aromatic heterocycles. The second-order valence-corrected chi connectivity index (χ2v) is 10.4. The van der Waals surface area contributed by atoms with Crippen LogP contribution in [-0.2, 0) is 19.1 Å². The van der Waals surface area contributed by atoms with E-state index in [4.69, 9.17) is 19.9 Å². The molecule has 0 saturated heterocycles. The summed E-state index contributed by atoms with van der Waals surface area (Å²) in [5, 5.41) is 0. The van der Waals surface area contributed by atoms with Crippen molar-refractivity contribution in [2.45, 2.75) is 32.7 Å². The first-order valence-corrected chi connectivity index (χ1v) is 13.3. The summed E-state index contributed by atoms with van der Waals surface area (Å²) in [6.07, 6.45) is 1.73. The molecule has 1 aliphatic rings. The van der Waals surface area contributed by atoms with Crippen LogP contribution in [0.25, 0.3) is 6.08 Å². The normalized spacial score (nSPS) is 15.2. The van der Waals surface area contributed by atoms with Gasteiger partial charge in [-0.15, -0.1) is 0 Å². The van der Waals surface area contributed by atoms with Gasteiger partial charge in [0, 0.05) is 7.11 Å². The van der Waals surface area contributed by atoms with Gasteiger partial charge in [0.25, 0.3) is 11.5 Å². The average Bonchev–Trinajstić information content (AvgIpc) is 3.21. The standard InChI is InChI=1S/C29H31N3O6S/c1-17(2)20-8-10-21(11-9-20)26-25(28(35)37-13-12-36-4)18(3)31-29-32(26)27(34)23(39-29)15-19-6-5-7-22(14-19)38-16-24(30)33/h5-11,14-15,17,26H,12-13,16H2,1-4H3,(H2,30,33). The summed E-state index contributed by atoms with van der Waals surface area (Å²) in [7, 11) is 1.53. The Morgan fingerprint density at radius 3 is 2.56 bits per heavy atom. The first-order valence-electron chi connectivity index (χ1n) is 12.5. The van der Waals surface area contributed by atoms with E-state index < -0.39 is 17.9 Å². The fourth-order valence-corrected chi connectivity index (χ4v) is 5.30. The van der Waals surface area contributed by atoms with E-state index >= 15 is 0 Å². The molecule has 4 rings (SSSR count). The molecule has 204 valence electrons. The smallest absolute Gasteiger partial charge is 0.338 e. The molecule has 0 fully saturated rings. The largest absolute Gasteiger partial charge is 0.484 e. The Hall–Kier alpha value is -4.02. The van der Waals surface area contributed by atoms with E-state index in [2.05, 4.69) is 18.8 Å². The van der Waals surface area contributed by atoms with Crippen LogP contribution in [0.5, 0.6) is 5.75 Å². The fourth-order valence-electron chi connectivity index (χ4n) is 4.26. The summed E-state index contributed by atoms with van der Waals surface area (Å²) >= 11 is 1.23. The number of nitrogens with zero attached hydrogens (tertiary/aromatic N) is 2. The van der Waals surface area contributed by atoms with Crippen molar-refractivity contribution < 1.29 is 23.8 Å². The number of methoxy groups -OCH3 is 1. The molecular weight excluding hydrogens is 518 g/mol. The SMILES string of the molecule is COCCOC(=O)C1=C(C)N=c2sc(=Cc3cccc(OCC(N)=O)c3)c(=O)n2C1c1ccc(C(C)C)cc1. The number of primary amides is 1. The zero-order chi connectivity index (χ0) is 28.1. The number of ether oxygens (including phenoxy) is 3. The molecule has 1 atom stereocenters. The molecule has 0 spiro atoms. The number of amides is 1. The molecule has 0 aliphatic carbocycles. The Morgan fingerprint density at radius 2 is 1.90 bits per heavy atom. The van der Waals surface area contributed by atoms with Gasteiger partial charge in [0.2, 0.25) is 0 Å². The third-order valence-electron chi connectivity index (χ3n) is 6.22. The van der Waals surface area contributed by atoms with Crippen LogP contribution in [0.2, 0.25) is 0 Å². The zero-order valence-electron chi connectivity index (χ0n) is 22.3. The van der Waals surface area contributed by atoms with Gasteiger partial charge in [-0.1, -0.05) is 61.6 Å². The molecule has 39 heavy (non-hydrogen) atoms. The molecule has 9 nitrogen and oxygen atoms in total. The maximum Gasteiger partial charge on any atom is 0.338 e. The molecule has 3 aromatic rings. The summed E-state index contributed by atoms with van der Waals surface area (Å²) in [5.41, 5.74) is 8.32. The highest BCUT2D eigenvalue weighted by molar-refractivity contribution is 7.07. The lowest BCUT2D eigenvalue weighted by molar-refractivity contribution is -0.140. The molecular formula is C29H31N3O6S. The minimum absolute atomic E-state index is 0.0870. The third-order valence-corrected chi connectivity index (χ3v) is 7.20. The van der Waals surface area contributed by atoms with Crippen LogP contribution in [0.15, 0.2) is 69.6 Å². The summed E-state index contributed by atoms with van der Waals surface area (Å²) in [4.78, 5) is 43.2. The van der Waals surface area contributed by atoms with Crippen LogP contribution >= 0.6 is 11.3 Å². The number of rotatable bonds is 10. The van der Waals surface area contributed by atoms with Gasteiger partial charge in [0.1, 0.15) is 12.4 Å². The topological polar surface area (TPSA) is 122 Å². The predicted molar refractivity (Wildman–Crippen MR) is 148 cm³/mol. The van der Waals surface area contributed by atoms with E-state index in [0.717, 1.165) is 11.1 Å². The number of esters is 1. The van der Waals surface area contributed by atoms with Crippen molar-refractivity contribution in [2.75, 3.05) is 26.9 Å². The number of thiazole rings is 1. The molecule has 10 heteroatoms. The highest BCUT2D eigenvalue weighted by Crippen LogP contribution is 2.31. The van der Waals surface area contributed by atoms with E-state index in [0.29, 0.717) is 37.8 Å². The lowest BCUT2D eigenvalue weighted by atomic mass is 9.93. The van der Waals surface area contributed by atoms with E-state index in [9.17, 15) is 14.4 Å². The lowest BCUT2D eigenvalue weighted by Gasteiger charge is -2.25. The second-order valence-electron chi connectivity index (χ2n) is 9.36. The van der Waals surface area contributed by atoms with Crippen molar-refractivity contribution in [1.29, 1.82) is 0 Å². The van der Waals surface area contributed by atoms with Crippen molar-refractivity contribution >= 4 is 29.3 Å². The Balaban J connectivity index is 1.82. The second kappa shape index (κ2) is 12.2. The van der Waals surface area contributed by atoms with Gasteiger partial charge in [-0.3, -0.25) is 14.2 Å². The van der Waals surface area contributed by atoms with E-state index in [1.54, 1.807) is 35.8 Å². The third kappa shape index (κ3) is 6.35. The molecule has 0 radical (unpaired) electrons. The van der Waals surface area contributed by atoms with Gasteiger partial charge < -0.3 is 19.9 Å². The number of aromatic nitrogens is 1. The van der Waals surface area contributed by atoms with Crippen LogP contribution in [0.3, 0.4) is 0 Å². The first kappa shape index (κ1) is 28.0. The Bertz CT molecular complexity index is 1580. The summed E-state index contributed by atoms with van der Waals surface area (Å²) in [6, 6.07) is 14.2. The Morgan fingerprint density at radius 1 is 1.15 bits per heavy atom. The molecule has 2 aromatic carbocycles. The van der Waals surface area contributed by atoms with Gasteiger partial charge in [0.15, 0.2) is 11.4 Å². The van der Waals surface area contributed by atoms with Gasteiger partial charge in [-0.2, -0.15) is 0 Å². The van der Waals surface area contributed by atoms with Gasteiger partial charge in [0.05, 0.1) is 28.5 Å². The van der Waals surface area contributed by atoms with Crippen molar-refractivity contribution in [1.82, 2.24) is 4.57 Å². The van der Waals surface area contributed by atoms with Gasteiger partial charge >= 0.3 is 5.97 Å². The zero-order valence-corrected chi connectivity index (χ0v) is 23.1. The van der Waals surface area contributed by atoms with Crippen LogP contribution in [0, 0.1) is 0 Å². The minimum atomic E-state index is -0.704.